The molecule has 0 atom stereocenters. The number of morpholine rings is 1. The molecule has 0 aliphatic carbocycles. The van der Waals surface area contributed by atoms with Crippen LogP contribution in [-0.2, 0) is 4.74 Å². The molecule has 0 radical (unpaired) electrons. The van der Waals surface area contributed by atoms with Gasteiger partial charge in [-0.25, -0.2) is 4.99 Å². The number of amidine groups is 1. The maximum atomic E-state index is 12.2. The van der Waals surface area contributed by atoms with Crippen molar-refractivity contribution < 1.29 is 14.3 Å². The third-order valence-corrected chi connectivity index (χ3v) is 5.62. The Morgan fingerprint density at radius 1 is 1.18 bits per heavy atom. The van der Waals surface area contributed by atoms with E-state index >= 15 is 0 Å². The maximum absolute atomic E-state index is 12.2. The van der Waals surface area contributed by atoms with Gasteiger partial charge in [0, 0.05) is 31.9 Å². The fourth-order valence-electron chi connectivity index (χ4n) is 3.45. The van der Waals surface area contributed by atoms with E-state index in [0.717, 1.165) is 24.5 Å². The number of benzene rings is 2. The number of hydrogen-bond donors (Lipinski definition) is 3. The molecule has 2 aromatic rings. The second-order valence-corrected chi connectivity index (χ2v) is 7.81. The Bertz CT molecular complexity index is 1090. The summed E-state index contributed by atoms with van der Waals surface area (Å²) >= 11 is 6.42. The Kier molecular flexibility index (Phi) is 8.95. The third kappa shape index (κ3) is 6.30. The normalized spacial score (nSPS) is 14.4. The molecule has 3 rings (SSSR count). The smallest absolute Gasteiger partial charge is 0.253 e. The number of hydrogen-bond acceptors (Lipinski definition) is 6. The predicted octanol–water partition coefficient (Wildman–Crippen LogP) is 4.43. The quantitative estimate of drug-likeness (QED) is 0.380. The molecule has 1 saturated heterocycles. The van der Waals surface area contributed by atoms with Crippen molar-refractivity contribution in [3.63, 3.8) is 0 Å². The zero-order valence-electron chi connectivity index (χ0n) is 19.7. The van der Waals surface area contributed by atoms with Crippen LogP contribution in [0, 0.1) is 0 Å². The monoisotopic (exact) mass is 483 g/mol. The first kappa shape index (κ1) is 25.1. The van der Waals surface area contributed by atoms with E-state index in [2.05, 4.69) is 32.4 Å². The number of allylic oxidation sites excluding steroid dienone is 1. The van der Waals surface area contributed by atoms with E-state index in [1.54, 1.807) is 45.4 Å². The molecule has 1 aliphatic rings. The number of aliphatic imine (C=N–C) groups is 1. The summed E-state index contributed by atoms with van der Waals surface area (Å²) in [5, 5.41) is 9.34. The molecule has 0 spiro atoms. The van der Waals surface area contributed by atoms with Crippen molar-refractivity contribution in [1.82, 2.24) is 5.32 Å². The summed E-state index contributed by atoms with van der Waals surface area (Å²) < 4.78 is 11.0. The van der Waals surface area contributed by atoms with Crippen LogP contribution in [0.1, 0.15) is 17.3 Å². The summed E-state index contributed by atoms with van der Waals surface area (Å²) in [6.07, 6.45) is 1.71. The Morgan fingerprint density at radius 2 is 1.91 bits per heavy atom. The lowest BCUT2D eigenvalue weighted by Crippen LogP contribution is -2.36. The number of nitrogens with one attached hydrogen (secondary N) is 3. The minimum atomic E-state index is -0.221. The number of nitrogens with zero attached hydrogens (tertiary/aromatic N) is 2. The van der Waals surface area contributed by atoms with E-state index in [1.807, 2.05) is 24.3 Å². The highest BCUT2D eigenvalue weighted by atomic mass is 35.5. The van der Waals surface area contributed by atoms with E-state index < -0.39 is 0 Å². The molecular formula is C25H30ClN5O3. The maximum Gasteiger partial charge on any atom is 0.253 e. The molecule has 0 bridgehead atoms. The van der Waals surface area contributed by atoms with Crippen molar-refractivity contribution in [2.45, 2.75) is 6.92 Å². The van der Waals surface area contributed by atoms with Gasteiger partial charge in [-0.1, -0.05) is 36.4 Å². The van der Waals surface area contributed by atoms with Crippen molar-refractivity contribution in [3.05, 3.63) is 71.5 Å². The molecule has 1 fully saturated rings. The molecule has 34 heavy (non-hydrogen) atoms. The Balaban J connectivity index is 1.82. The SMILES string of the molecule is C=C(/N=C(Nc1ccccc1C(=O)NC)\C(Cl)=C/C)Nc1ccc(N2CCOCC2)cc1OC. The van der Waals surface area contributed by atoms with Crippen molar-refractivity contribution in [2.24, 2.45) is 4.99 Å². The van der Waals surface area contributed by atoms with Crippen molar-refractivity contribution in [1.29, 1.82) is 0 Å². The summed E-state index contributed by atoms with van der Waals surface area (Å²) in [5.41, 5.74) is 2.82. The molecule has 9 heteroatoms. The molecule has 0 aromatic heterocycles. The first-order valence-electron chi connectivity index (χ1n) is 10.9. The highest BCUT2D eigenvalue weighted by molar-refractivity contribution is 6.45. The zero-order chi connectivity index (χ0) is 24.5. The number of amides is 1. The lowest BCUT2D eigenvalue weighted by Gasteiger charge is -2.29. The van der Waals surface area contributed by atoms with Crippen molar-refractivity contribution in [3.8, 4) is 5.75 Å². The Hall–Kier alpha value is -3.49. The molecule has 0 saturated carbocycles. The molecule has 2 aromatic carbocycles. The second kappa shape index (κ2) is 12.1. The minimum Gasteiger partial charge on any atom is -0.494 e. The van der Waals surface area contributed by atoms with Gasteiger partial charge in [-0.3, -0.25) is 4.79 Å². The predicted molar refractivity (Wildman–Crippen MR) is 139 cm³/mol. The number of para-hydroxylation sites is 1. The number of carbonyl (C=O) groups is 1. The van der Waals surface area contributed by atoms with Crippen LogP contribution in [0.5, 0.6) is 5.75 Å². The van der Waals surface area contributed by atoms with Gasteiger partial charge in [-0.15, -0.1) is 0 Å². The number of rotatable bonds is 8. The first-order valence-corrected chi connectivity index (χ1v) is 11.3. The average Bonchev–Trinajstić information content (AvgIpc) is 2.88. The molecule has 0 unspecified atom stereocenters. The second-order valence-electron chi connectivity index (χ2n) is 7.40. The minimum absolute atomic E-state index is 0.221. The molecule has 3 N–H and O–H groups in total. The molecule has 1 amide bonds. The van der Waals surface area contributed by atoms with E-state index in [9.17, 15) is 4.79 Å². The third-order valence-electron chi connectivity index (χ3n) is 5.22. The fourth-order valence-corrected chi connectivity index (χ4v) is 3.54. The number of methoxy groups -OCH3 is 1. The van der Waals surface area contributed by atoms with Gasteiger partial charge >= 0.3 is 0 Å². The van der Waals surface area contributed by atoms with Crippen LogP contribution in [0.2, 0.25) is 0 Å². The number of carbonyl (C=O) groups excluding carboxylic acids is 1. The molecule has 180 valence electrons. The van der Waals surface area contributed by atoms with Crippen LogP contribution in [0.25, 0.3) is 0 Å². The zero-order valence-corrected chi connectivity index (χ0v) is 20.4. The van der Waals surface area contributed by atoms with Crippen LogP contribution >= 0.6 is 11.6 Å². The van der Waals surface area contributed by atoms with Crippen molar-refractivity contribution >= 4 is 40.4 Å². The molecular weight excluding hydrogens is 454 g/mol. The summed E-state index contributed by atoms with van der Waals surface area (Å²) in [7, 11) is 3.20. The molecule has 1 aliphatic heterocycles. The fraction of sp³-hybridized carbons (Fsp3) is 0.280. The lowest BCUT2D eigenvalue weighted by molar-refractivity contribution is 0.0964. The summed E-state index contributed by atoms with van der Waals surface area (Å²) in [5.74, 6) is 1.14. The topological polar surface area (TPSA) is 87.2 Å². The standard InChI is InChI=1S/C25H30ClN5O3/c1-5-20(26)24(30-21-9-7-6-8-19(21)25(32)27-3)29-17(2)28-22-11-10-18(16-23(22)33-4)31-12-14-34-15-13-31/h5-11,16,28H,2,12-15H2,1,3-4H3,(H,27,32)(H,29,30)/b20-5+. The van der Waals surface area contributed by atoms with E-state index in [1.165, 1.54) is 0 Å². The summed E-state index contributed by atoms with van der Waals surface area (Å²) in [6, 6.07) is 13.0. The highest BCUT2D eigenvalue weighted by Crippen LogP contribution is 2.31. The van der Waals surface area contributed by atoms with Crippen LogP contribution in [0.15, 0.2) is 71.0 Å². The largest absolute Gasteiger partial charge is 0.494 e. The summed E-state index contributed by atoms with van der Waals surface area (Å²) in [6.45, 7) is 8.91. The van der Waals surface area contributed by atoms with E-state index in [-0.39, 0.29) is 5.91 Å². The van der Waals surface area contributed by atoms with E-state index in [4.69, 9.17) is 21.1 Å². The van der Waals surface area contributed by atoms with Crippen LogP contribution in [-0.4, -0.2) is 52.2 Å². The molecule has 8 nitrogen and oxygen atoms in total. The van der Waals surface area contributed by atoms with E-state index in [0.29, 0.717) is 46.9 Å². The van der Waals surface area contributed by atoms with Crippen LogP contribution < -0.4 is 25.6 Å². The number of anilines is 3. The Labute approximate surface area is 205 Å². The Morgan fingerprint density at radius 3 is 2.59 bits per heavy atom. The highest BCUT2D eigenvalue weighted by Gasteiger charge is 2.15. The van der Waals surface area contributed by atoms with Gasteiger partial charge in [-0.2, -0.15) is 0 Å². The number of halogens is 1. The van der Waals surface area contributed by atoms with Gasteiger partial charge in [-0.05, 0) is 31.2 Å². The van der Waals surface area contributed by atoms with Gasteiger partial charge in [0.2, 0.25) is 0 Å². The van der Waals surface area contributed by atoms with Gasteiger partial charge < -0.3 is 30.3 Å². The van der Waals surface area contributed by atoms with Crippen molar-refractivity contribution in [2.75, 3.05) is 56.0 Å². The average molecular weight is 484 g/mol. The van der Waals surface area contributed by atoms with Crippen LogP contribution in [0.4, 0.5) is 17.1 Å². The van der Waals surface area contributed by atoms with Gasteiger partial charge in [0.1, 0.15) is 11.6 Å². The summed E-state index contributed by atoms with van der Waals surface area (Å²) in [4.78, 5) is 19.0. The van der Waals surface area contributed by atoms with Crippen LogP contribution in [0.3, 0.4) is 0 Å². The van der Waals surface area contributed by atoms with Gasteiger partial charge in [0.25, 0.3) is 5.91 Å². The van der Waals surface area contributed by atoms with Gasteiger partial charge in [0.05, 0.1) is 42.3 Å². The van der Waals surface area contributed by atoms with Gasteiger partial charge in [0.15, 0.2) is 5.84 Å². The first-order chi connectivity index (χ1) is 16.5. The molecule has 1 heterocycles. The number of ether oxygens (including phenoxy) is 2. The lowest BCUT2D eigenvalue weighted by atomic mass is 10.1.